The minimum Gasteiger partial charge on any atom is -0.748 e. The van der Waals surface area contributed by atoms with Crippen LogP contribution >= 0.6 is 0 Å². The first-order chi connectivity index (χ1) is 9.12. The largest absolute Gasteiger partial charge is 0.748 e. The fraction of sp³-hybridized carbons (Fsp3) is 0.467. The summed E-state index contributed by atoms with van der Waals surface area (Å²) in [4.78, 5) is 0. The number of quaternary nitrogens is 1. The zero-order chi connectivity index (χ0) is 15.4. The lowest BCUT2D eigenvalue weighted by molar-refractivity contribution is -0.870. The molecule has 5 heteroatoms. The first kappa shape index (κ1) is 16.9. The predicted octanol–water partition coefficient (Wildman–Crippen LogP) is 1.88. The van der Waals surface area contributed by atoms with E-state index in [1.54, 1.807) is 6.08 Å². The molecule has 0 saturated heterocycles. The molecule has 0 aromatic heterocycles. The van der Waals surface area contributed by atoms with Gasteiger partial charge in [0.25, 0.3) is 0 Å². The lowest BCUT2D eigenvalue weighted by Gasteiger charge is -2.28. The predicted molar refractivity (Wildman–Crippen MR) is 81.2 cm³/mol. The Morgan fingerprint density at radius 1 is 1.25 bits per heavy atom. The highest BCUT2D eigenvalue weighted by Gasteiger charge is 2.20. The summed E-state index contributed by atoms with van der Waals surface area (Å²) in [6.07, 6.45) is 2.37. The average Bonchev–Trinajstić information content (AvgIpc) is 2.32. The molecule has 1 atom stereocenters. The van der Waals surface area contributed by atoms with E-state index in [0.29, 0.717) is 17.4 Å². The van der Waals surface area contributed by atoms with Gasteiger partial charge in [-0.25, -0.2) is 8.42 Å². The Kier molecular flexibility index (Phi) is 5.50. The number of hydrogen-bond donors (Lipinski definition) is 0. The van der Waals surface area contributed by atoms with Gasteiger partial charge in [-0.15, -0.1) is 0 Å². The summed E-state index contributed by atoms with van der Waals surface area (Å²) in [7, 11) is 1.66. The molecular weight excluding hydrogens is 274 g/mol. The molecular formula is C15H23NO3S. The number of rotatable bonds is 7. The van der Waals surface area contributed by atoms with Crippen LogP contribution in [0.2, 0.25) is 0 Å². The van der Waals surface area contributed by atoms with Gasteiger partial charge in [-0.3, -0.25) is 0 Å². The van der Waals surface area contributed by atoms with E-state index in [9.17, 15) is 13.0 Å². The third kappa shape index (κ3) is 5.86. The normalized spacial score (nSPS) is 14.0. The van der Waals surface area contributed by atoms with Crippen LogP contribution in [0, 0.1) is 0 Å². The topological polar surface area (TPSA) is 57.2 Å². The second-order valence-corrected chi connectivity index (χ2v) is 7.72. The lowest BCUT2D eigenvalue weighted by Crippen LogP contribution is -2.38. The molecule has 1 aromatic rings. The van der Waals surface area contributed by atoms with Gasteiger partial charge in [-0.2, -0.15) is 0 Å². The number of nitrogens with zero attached hydrogens (tertiary/aromatic N) is 1. The minimum atomic E-state index is -4.28. The van der Waals surface area contributed by atoms with Crippen molar-refractivity contribution in [2.75, 3.05) is 27.7 Å². The molecule has 1 aromatic carbocycles. The first-order valence-electron chi connectivity index (χ1n) is 6.58. The van der Waals surface area contributed by atoms with E-state index in [2.05, 4.69) is 6.58 Å². The van der Waals surface area contributed by atoms with Crippen molar-refractivity contribution in [3.05, 3.63) is 42.0 Å². The van der Waals surface area contributed by atoms with Gasteiger partial charge in [0, 0.05) is 6.42 Å². The lowest BCUT2D eigenvalue weighted by atomic mass is 10.1. The summed E-state index contributed by atoms with van der Waals surface area (Å²) < 4.78 is 34.8. The van der Waals surface area contributed by atoms with E-state index >= 15 is 0 Å². The van der Waals surface area contributed by atoms with Crippen molar-refractivity contribution in [2.45, 2.75) is 18.1 Å². The van der Waals surface area contributed by atoms with E-state index < -0.39 is 15.4 Å². The molecule has 0 spiro atoms. The van der Waals surface area contributed by atoms with E-state index in [4.69, 9.17) is 0 Å². The quantitative estimate of drug-likeness (QED) is 0.570. The summed E-state index contributed by atoms with van der Waals surface area (Å²) in [5, 5.41) is -0.866. The highest BCUT2D eigenvalue weighted by atomic mass is 32.2. The Bertz CT molecular complexity index is 541. The highest BCUT2D eigenvalue weighted by Crippen LogP contribution is 2.15. The number of benzene rings is 1. The van der Waals surface area contributed by atoms with E-state index in [1.807, 2.05) is 45.4 Å². The second-order valence-electron chi connectivity index (χ2n) is 6.07. The second kappa shape index (κ2) is 6.52. The van der Waals surface area contributed by atoms with Gasteiger partial charge in [0.2, 0.25) is 0 Å². The van der Waals surface area contributed by atoms with Crippen LogP contribution in [-0.4, -0.2) is 50.4 Å². The Labute approximate surface area is 122 Å². The molecule has 0 bridgehead atoms. The molecule has 0 aliphatic carbocycles. The van der Waals surface area contributed by atoms with Gasteiger partial charge in [0.05, 0.1) is 43.1 Å². The monoisotopic (exact) mass is 297 g/mol. The van der Waals surface area contributed by atoms with Crippen molar-refractivity contribution in [1.29, 1.82) is 0 Å². The molecule has 0 heterocycles. The van der Waals surface area contributed by atoms with Gasteiger partial charge in [0.15, 0.2) is 0 Å². The van der Waals surface area contributed by atoms with Crippen LogP contribution < -0.4 is 0 Å². The average molecular weight is 297 g/mol. The molecule has 0 radical (unpaired) electrons. The summed E-state index contributed by atoms with van der Waals surface area (Å²) in [6.45, 7) is 4.32. The molecule has 0 aliphatic heterocycles. The summed E-state index contributed by atoms with van der Waals surface area (Å²) >= 11 is 0. The third-order valence-corrected chi connectivity index (χ3v) is 4.43. The van der Waals surface area contributed by atoms with Gasteiger partial charge >= 0.3 is 0 Å². The van der Waals surface area contributed by atoms with Crippen LogP contribution in [0.3, 0.4) is 0 Å². The number of hydrogen-bond acceptors (Lipinski definition) is 3. The zero-order valence-electron chi connectivity index (χ0n) is 12.4. The fourth-order valence-corrected chi connectivity index (χ4v) is 2.72. The summed E-state index contributed by atoms with van der Waals surface area (Å²) in [5.41, 5.74) is 1.84. The van der Waals surface area contributed by atoms with Crippen LogP contribution in [0.5, 0.6) is 0 Å². The van der Waals surface area contributed by atoms with Gasteiger partial charge in [-0.05, 0) is 17.5 Å². The highest BCUT2D eigenvalue weighted by molar-refractivity contribution is 7.86. The maximum Gasteiger partial charge on any atom is 0.0981 e. The molecule has 112 valence electrons. The molecule has 0 saturated carbocycles. The maximum atomic E-state index is 11.4. The van der Waals surface area contributed by atoms with Crippen molar-refractivity contribution >= 4 is 16.2 Å². The molecule has 1 rings (SSSR count). The summed E-state index contributed by atoms with van der Waals surface area (Å²) in [5.74, 6) is 0. The zero-order valence-corrected chi connectivity index (χ0v) is 13.2. The first-order valence-corrected chi connectivity index (χ1v) is 8.05. The van der Waals surface area contributed by atoms with E-state index in [0.717, 1.165) is 11.1 Å². The minimum absolute atomic E-state index is 0.267. The van der Waals surface area contributed by atoms with Gasteiger partial charge in [0.1, 0.15) is 0 Å². The fourth-order valence-electron chi connectivity index (χ4n) is 1.93. The van der Waals surface area contributed by atoms with Crippen LogP contribution in [0.1, 0.15) is 17.5 Å². The van der Waals surface area contributed by atoms with Crippen LogP contribution in [-0.2, 0) is 16.5 Å². The van der Waals surface area contributed by atoms with Crippen molar-refractivity contribution in [3.63, 3.8) is 0 Å². The van der Waals surface area contributed by atoms with Crippen molar-refractivity contribution in [3.8, 4) is 0 Å². The van der Waals surface area contributed by atoms with Crippen molar-refractivity contribution in [2.24, 2.45) is 0 Å². The van der Waals surface area contributed by atoms with Crippen molar-refractivity contribution in [1.82, 2.24) is 0 Å². The SMILES string of the molecule is C=Cc1ccc(CC(CC[N+](C)(C)C)S(=O)(=O)[O-])cc1. The Hall–Kier alpha value is -1.17. The Balaban J connectivity index is 2.81. The molecule has 1 unspecified atom stereocenters. The van der Waals surface area contributed by atoms with Gasteiger partial charge in [-0.1, -0.05) is 36.9 Å². The Morgan fingerprint density at radius 2 is 1.80 bits per heavy atom. The molecule has 20 heavy (non-hydrogen) atoms. The van der Waals surface area contributed by atoms with Crippen molar-refractivity contribution < 1.29 is 17.5 Å². The molecule has 0 fully saturated rings. The molecule has 0 N–H and O–H groups in total. The van der Waals surface area contributed by atoms with Crippen LogP contribution in [0.15, 0.2) is 30.8 Å². The Morgan fingerprint density at radius 3 is 2.20 bits per heavy atom. The van der Waals surface area contributed by atoms with Gasteiger partial charge < -0.3 is 9.04 Å². The molecule has 0 amide bonds. The van der Waals surface area contributed by atoms with E-state index in [-0.39, 0.29) is 6.42 Å². The van der Waals surface area contributed by atoms with Crippen LogP contribution in [0.25, 0.3) is 6.08 Å². The molecule has 4 nitrogen and oxygen atoms in total. The maximum absolute atomic E-state index is 11.4. The summed E-state index contributed by atoms with van der Waals surface area (Å²) in [6, 6.07) is 7.44. The third-order valence-electron chi connectivity index (χ3n) is 3.21. The van der Waals surface area contributed by atoms with Crippen LogP contribution in [0.4, 0.5) is 0 Å². The standard InChI is InChI=1S/C15H23NO3S/c1-5-13-6-8-14(9-7-13)12-15(20(17,18)19)10-11-16(2,3)4/h5-9,15H,1,10-12H2,2-4H3. The molecule has 0 aliphatic rings. The van der Waals surface area contributed by atoms with E-state index in [1.165, 1.54) is 0 Å². The smallest absolute Gasteiger partial charge is 0.0981 e.